The van der Waals surface area contributed by atoms with Crippen molar-refractivity contribution in [3.63, 3.8) is 0 Å². The molecule has 32 nitrogen and oxygen atoms in total. The molecule has 2 atom stereocenters. The van der Waals surface area contributed by atoms with Crippen molar-refractivity contribution in [2.45, 2.75) is 59.5 Å². The first-order valence-electron chi connectivity index (χ1n) is 41.7. The van der Waals surface area contributed by atoms with Crippen molar-refractivity contribution in [3.8, 4) is 0 Å². The molecular formula is C97H91N15O17. The van der Waals surface area contributed by atoms with Gasteiger partial charge in [-0.2, -0.15) is 0 Å². The number of H-pyrrole nitrogens is 3. The fraction of sp³-hybridized carbons (Fsp3) is 0.206. The zero-order valence-electron chi connectivity index (χ0n) is 71.0. The number of carbonyl (C=O) groups is 14. The maximum Gasteiger partial charge on any atom is 0.340 e. The first kappa shape index (κ1) is 90.1. The summed E-state index contributed by atoms with van der Waals surface area (Å²) in [5.74, 6) is -5.79. The monoisotopic (exact) mass is 1740 g/mol. The van der Waals surface area contributed by atoms with Gasteiger partial charge in [0.25, 0.3) is 46.9 Å². The summed E-state index contributed by atoms with van der Waals surface area (Å²) in [4.78, 5) is 201. The molecule has 9 N–H and O–H groups in total. The van der Waals surface area contributed by atoms with Crippen LogP contribution >= 0.6 is 0 Å². The van der Waals surface area contributed by atoms with Crippen LogP contribution in [0.15, 0.2) is 243 Å². The standard InChI is InChI=1S/C33H29N5O5.2C32H31N5O6/c1-3-43-32(41)24-12-7-8-14-26(24)36-33(42)37-27-15-9-13-23-25(20-35-29(23)27)30(39)31(40)38-18-16-22(17-19-38)28(34-2)21-10-5-4-6-11-21;1-3-43-31(41)22-11-7-12-23(17-22)34-32(42)35-26-14-8-13-24-25(18-33-27(24)26)28(38)30(40)37-16-15-36(19-20(37)2)29(39)21-9-5-4-6-10-21;1-3-43-31(41)23-12-7-8-14-25(23)34-32(42)35-26-15-9-13-22-24(18-33-27(22)26)28(38)30(40)37-17-16-36(19-20(37)2)29(39)21-10-5-4-6-11-21/h4-15,20,35H,3,16-19H2,1H3,(H2,36,37,42);4-14,17-18,20,33H,3,15-16,19H2,1-2H3,(H2,34,35,42);4-15,18,20,33H,3,16-17,19H2,1-2H3,(H2,34,35,42)/t;2*20-/m.11/s1. The number of ether oxygens (including phenoxy) is 3. The number of urea groups is 3. The van der Waals surface area contributed by atoms with Gasteiger partial charge >= 0.3 is 36.0 Å². The Hall–Kier alpha value is -16.6. The second-order valence-electron chi connectivity index (χ2n) is 30.0. The molecule has 0 saturated carbocycles. The number of esters is 3. The Morgan fingerprint density at radius 1 is 0.357 bits per heavy atom. The van der Waals surface area contributed by atoms with Crippen LogP contribution in [0.1, 0.15) is 136 Å². The van der Waals surface area contributed by atoms with Crippen molar-refractivity contribution >= 4 is 155 Å². The van der Waals surface area contributed by atoms with Crippen LogP contribution in [-0.4, -0.2) is 207 Å². The van der Waals surface area contributed by atoms with Gasteiger partial charge in [0.1, 0.15) is 0 Å². The smallest absolute Gasteiger partial charge is 0.340 e. The van der Waals surface area contributed by atoms with Crippen LogP contribution < -0.4 is 31.9 Å². The number of hydrogen-bond donors (Lipinski definition) is 9. The van der Waals surface area contributed by atoms with Gasteiger partial charge < -0.3 is 85.6 Å². The molecule has 3 saturated heterocycles. The van der Waals surface area contributed by atoms with Crippen LogP contribution in [0.4, 0.5) is 48.5 Å². The largest absolute Gasteiger partial charge is 0.462 e. The Kier molecular flexibility index (Phi) is 29.2. The van der Waals surface area contributed by atoms with Crippen LogP contribution in [0, 0.1) is 6.57 Å². The average Bonchev–Trinajstić information content (AvgIpc) is 1.68. The molecule has 32 heteroatoms. The Bertz CT molecular complexity index is 6380. The van der Waals surface area contributed by atoms with Gasteiger partial charge in [0.05, 0.1) is 105 Å². The summed E-state index contributed by atoms with van der Waals surface area (Å²) in [7, 11) is 0. The number of piperazine rings is 2. The highest BCUT2D eigenvalue weighted by molar-refractivity contribution is 6.46. The summed E-state index contributed by atoms with van der Waals surface area (Å²) in [6.45, 7) is 19.4. The molecule has 0 unspecified atom stereocenters. The van der Waals surface area contributed by atoms with Gasteiger partial charge in [0.15, 0.2) is 5.70 Å². The molecule has 3 aliphatic heterocycles. The van der Waals surface area contributed by atoms with E-state index in [-0.39, 0.29) is 96.0 Å². The number of Topliss-reactive ketones (excluding diaryl/α,β-unsaturated/α-hetero) is 3. The number of carbonyl (C=O) groups excluding carboxylic acids is 14. The summed E-state index contributed by atoms with van der Waals surface area (Å²) < 4.78 is 15.1. The Morgan fingerprint density at radius 2 is 0.698 bits per heavy atom. The zero-order valence-corrected chi connectivity index (χ0v) is 71.0. The van der Waals surface area contributed by atoms with E-state index in [2.05, 4.69) is 51.7 Å². The minimum absolute atomic E-state index is 0.113. The molecule has 11 amide bonds. The third-order valence-electron chi connectivity index (χ3n) is 21.7. The summed E-state index contributed by atoms with van der Waals surface area (Å²) in [5.41, 5.74) is 8.37. The Balaban J connectivity index is 0.000000165. The molecule has 6 heterocycles. The normalized spacial score (nSPS) is 14.0. The van der Waals surface area contributed by atoms with Crippen LogP contribution in [0.2, 0.25) is 0 Å². The Labute approximate surface area is 740 Å². The number of benzene rings is 9. The lowest BCUT2D eigenvalue weighted by atomic mass is 9.97. The maximum atomic E-state index is 13.4. The van der Waals surface area contributed by atoms with Crippen LogP contribution in [0.5, 0.6) is 0 Å². The highest BCUT2D eigenvalue weighted by Crippen LogP contribution is 2.34. The number of amides is 11. The van der Waals surface area contributed by atoms with Gasteiger partial charge in [-0.25, -0.2) is 33.6 Å². The van der Waals surface area contributed by atoms with E-state index in [0.717, 1.165) is 11.1 Å². The lowest BCUT2D eigenvalue weighted by Crippen LogP contribution is -2.56. The minimum atomic E-state index is -0.689. The van der Waals surface area contributed by atoms with Crippen molar-refractivity contribution in [2.75, 3.05) is 104 Å². The number of rotatable bonds is 21. The van der Waals surface area contributed by atoms with Crippen molar-refractivity contribution in [1.82, 2.24) is 39.5 Å². The van der Waals surface area contributed by atoms with Crippen molar-refractivity contribution in [3.05, 3.63) is 304 Å². The molecule has 0 aliphatic carbocycles. The predicted molar refractivity (Wildman–Crippen MR) is 486 cm³/mol. The van der Waals surface area contributed by atoms with Gasteiger partial charge in [-0.3, -0.25) is 38.4 Å². The van der Waals surface area contributed by atoms with Crippen molar-refractivity contribution < 1.29 is 81.3 Å². The second-order valence-corrected chi connectivity index (χ2v) is 30.0. The molecule has 12 aromatic rings. The van der Waals surface area contributed by atoms with Crippen molar-refractivity contribution in [1.29, 1.82) is 0 Å². The topological polar surface area (TPSA) is 407 Å². The number of ketones is 3. The lowest BCUT2D eigenvalue weighted by Gasteiger charge is -2.39. The maximum absolute atomic E-state index is 13.4. The summed E-state index contributed by atoms with van der Waals surface area (Å²) in [5, 5.41) is 17.7. The summed E-state index contributed by atoms with van der Waals surface area (Å²) >= 11 is 0. The van der Waals surface area contributed by atoms with E-state index >= 15 is 0 Å². The Morgan fingerprint density at radius 3 is 1.09 bits per heavy atom. The molecule has 3 fully saturated rings. The molecular weight excluding hydrogens is 1650 g/mol. The third-order valence-corrected chi connectivity index (χ3v) is 21.7. The quantitative estimate of drug-likeness (QED) is 0.0106. The van der Waals surface area contributed by atoms with E-state index in [1.165, 1.54) is 39.4 Å². The van der Waals surface area contributed by atoms with E-state index in [9.17, 15) is 67.1 Å². The van der Waals surface area contributed by atoms with Gasteiger partial charge in [-0.1, -0.05) is 139 Å². The highest BCUT2D eigenvalue weighted by atomic mass is 16.5. The molecule has 656 valence electrons. The number of piperidine rings is 1. The number of nitrogens with zero attached hydrogens (tertiary/aromatic N) is 6. The molecule has 0 spiro atoms. The molecule has 15 rings (SSSR count). The summed E-state index contributed by atoms with van der Waals surface area (Å²) in [6, 6.07) is 59.3. The predicted octanol–water partition coefficient (Wildman–Crippen LogP) is 15.2. The van der Waals surface area contributed by atoms with Gasteiger partial charge in [-0.05, 0) is 138 Å². The van der Waals surface area contributed by atoms with E-state index < -0.39 is 71.1 Å². The molecule has 129 heavy (non-hydrogen) atoms. The average molecular weight is 1740 g/mol. The first-order valence-corrected chi connectivity index (χ1v) is 41.7. The van der Waals surface area contributed by atoms with Crippen molar-refractivity contribution in [2.24, 2.45) is 0 Å². The van der Waals surface area contributed by atoms with Crippen LogP contribution in [0.3, 0.4) is 0 Å². The molecule has 0 radical (unpaired) electrons. The number of aromatic amines is 3. The fourth-order valence-corrected chi connectivity index (χ4v) is 15.4. The number of likely N-dealkylation sites (tertiary alicyclic amines) is 1. The number of fused-ring (bicyclic) bond motifs is 3. The van der Waals surface area contributed by atoms with Crippen LogP contribution in [-0.2, 0) is 28.6 Å². The van der Waals surface area contributed by atoms with Gasteiger partial charge in [0.2, 0.25) is 0 Å². The highest BCUT2D eigenvalue weighted by Gasteiger charge is 2.38. The molecule has 3 aliphatic rings. The van der Waals surface area contributed by atoms with Crippen LogP contribution in [0.25, 0.3) is 43.3 Å². The SMILES string of the molecule is CCOC(=O)c1cccc(NC(=O)Nc2cccc3c(C(=O)C(=O)N4CCN(C(=O)c5ccccc5)C[C@H]4C)c[nH]c23)c1.CCOC(=O)c1ccccc1NC(=O)Nc1cccc2c(C(=O)C(=O)N3CCN(C(=O)c4ccccc4)C[C@H]3C)c[nH]c12.[C-]#[N+]C(=C1CCN(C(=O)C(=O)c2c[nH]c3c(NC(=O)Nc4ccccc4C(=O)OCC)cccc23)CC1)c1ccccc1. The summed E-state index contributed by atoms with van der Waals surface area (Å²) in [6.07, 6.45) is 5.40. The van der Waals surface area contributed by atoms with E-state index in [0.29, 0.717) is 130 Å². The number of aromatic nitrogens is 3. The zero-order chi connectivity index (χ0) is 91.4. The molecule has 9 aromatic carbocycles. The minimum Gasteiger partial charge on any atom is -0.462 e. The fourth-order valence-electron chi connectivity index (χ4n) is 15.4. The molecule has 3 aromatic heterocycles. The number of nitrogens with one attached hydrogen (secondary N) is 9. The molecule has 0 bridgehead atoms. The number of para-hydroxylation sites is 5. The first-order chi connectivity index (χ1) is 62.4. The number of anilines is 6. The van der Waals surface area contributed by atoms with E-state index in [4.69, 9.17) is 20.8 Å². The second kappa shape index (κ2) is 41.7. The number of hydrogen-bond acceptors (Lipinski definition) is 17. The van der Waals surface area contributed by atoms with Gasteiger partial charge in [0, 0.05) is 116 Å². The van der Waals surface area contributed by atoms with Gasteiger partial charge in [-0.15, -0.1) is 0 Å². The van der Waals surface area contributed by atoms with E-state index in [1.54, 1.807) is 200 Å². The van der Waals surface area contributed by atoms with E-state index in [1.807, 2.05) is 56.3 Å². The third kappa shape index (κ3) is 21.1. The lowest BCUT2D eigenvalue weighted by molar-refractivity contribution is -0.130.